The maximum Gasteiger partial charge on any atom is 0.173 e. The Morgan fingerprint density at radius 3 is 2.22 bits per heavy atom. The molecule has 1 aromatic carbocycles. The molecule has 0 unspecified atom stereocenters. The Morgan fingerprint density at radius 2 is 1.67 bits per heavy atom. The minimum absolute atomic E-state index is 0.0708. The van der Waals surface area contributed by atoms with E-state index in [4.69, 9.17) is 23.2 Å². The molecule has 0 aliphatic heterocycles. The molecule has 0 aliphatic carbocycles. The van der Waals surface area contributed by atoms with Crippen LogP contribution in [-0.4, -0.2) is 9.97 Å². The van der Waals surface area contributed by atoms with Gasteiger partial charge in [0.15, 0.2) is 17.5 Å². The molecule has 2 rings (SSSR count). The Labute approximate surface area is 120 Å². The van der Waals surface area contributed by atoms with Crippen molar-refractivity contribution in [1.29, 1.82) is 0 Å². The van der Waals surface area contributed by atoms with Gasteiger partial charge in [0.1, 0.15) is 10.3 Å². The minimum Gasteiger partial charge on any atom is -0.216 e. The predicted molar refractivity (Wildman–Crippen MR) is 69.8 cm³/mol. The lowest BCUT2D eigenvalue weighted by molar-refractivity contribution is 0.504. The number of hydrogen-bond donors (Lipinski definition) is 0. The molecule has 0 saturated heterocycles. The second-order valence-corrected chi connectivity index (χ2v) is 4.99. The van der Waals surface area contributed by atoms with Crippen molar-refractivity contribution >= 4 is 39.1 Å². The Balaban J connectivity index is 2.67. The molecular formula is C11H5BrCl2F2N2. The normalized spacial score (nSPS) is 10.8. The van der Waals surface area contributed by atoms with Gasteiger partial charge >= 0.3 is 0 Å². The Hall–Kier alpha value is -0.780. The van der Waals surface area contributed by atoms with E-state index >= 15 is 0 Å². The average molecular weight is 354 g/mol. The van der Waals surface area contributed by atoms with Crippen LogP contribution < -0.4 is 0 Å². The molecule has 0 spiro atoms. The van der Waals surface area contributed by atoms with E-state index in [-0.39, 0.29) is 26.2 Å². The van der Waals surface area contributed by atoms with Crippen molar-refractivity contribution in [3.63, 3.8) is 0 Å². The van der Waals surface area contributed by atoms with Gasteiger partial charge in [0.05, 0.1) is 4.47 Å². The van der Waals surface area contributed by atoms with Crippen molar-refractivity contribution in [1.82, 2.24) is 9.97 Å². The van der Waals surface area contributed by atoms with E-state index in [1.165, 1.54) is 6.07 Å². The fourth-order valence-electron chi connectivity index (χ4n) is 1.28. The minimum atomic E-state index is -1.01. The SMILES string of the molecule is Cc1c(Cl)nc(-c2ccc(F)c(F)c2Br)nc1Cl. The van der Waals surface area contributed by atoms with E-state index in [1.54, 1.807) is 6.92 Å². The topological polar surface area (TPSA) is 25.8 Å². The number of halogens is 5. The van der Waals surface area contributed by atoms with E-state index < -0.39 is 11.6 Å². The summed E-state index contributed by atoms with van der Waals surface area (Å²) in [6, 6.07) is 2.33. The van der Waals surface area contributed by atoms with E-state index in [0.29, 0.717) is 5.56 Å². The van der Waals surface area contributed by atoms with Gasteiger partial charge < -0.3 is 0 Å². The molecule has 18 heavy (non-hydrogen) atoms. The second kappa shape index (κ2) is 5.07. The van der Waals surface area contributed by atoms with Gasteiger partial charge in [-0.15, -0.1) is 0 Å². The average Bonchev–Trinajstić information content (AvgIpc) is 2.33. The quantitative estimate of drug-likeness (QED) is 0.543. The Morgan fingerprint density at radius 1 is 1.11 bits per heavy atom. The zero-order valence-electron chi connectivity index (χ0n) is 8.94. The molecular weight excluding hydrogens is 349 g/mol. The van der Waals surface area contributed by atoms with Gasteiger partial charge in [-0.05, 0) is 35.0 Å². The summed E-state index contributed by atoms with van der Waals surface area (Å²) in [4.78, 5) is 7.97. The van der Waals surface area contributed by atoms with Crippen molar-refractivity contribution in [2.24, 2.45) is 0 Å². The van der Waals surface area contributed by atoms with Crippen molar-refractivity contribution in [3.8, 4) is 11.4 Å². The van der Waals surface area contributed by atoms with E-state index in [2.05, 4.69) is 25.9 Å². The van der Waals surface area contributed by atoms with Gasteiger partial charge in [0.2, 0.25) is 0 Å². The van der Waals surface area contributed by atoms with Crippen molar-refractivity contribution in [2.45, 2.75) is 6.92 Å². The first-order valence-electron chi connectivity index (χ1n) is 4.75. The monoisotopic (exact) mass is 352 g/mol. The Kier molecular flexibility index (Phi) is 3.84. The summed E-state index contributed by atoms with van der Waals surface area (Å²) in [5, 5.41) is 0.336. The summed E-state index contributed by atoms with van der Waals surface area (Å²) in [5.41, 5.74) is 0.804. The largest absolute Gasteiger partial charge is 0.216 e. The fraction of sp³-hybridized carbons (Fsp3) is 0.0909. The Bertz CT molecular complexity index is 612. The van der Waals surface area contributed by atoms with Crippen LogP contribution in [0.5, 0.6) is 0 Å². The van der Waals surface area contributed by atoms with Crippen LogP contribution in [0.15, 0.2) is 16.6 Å². The van der Waals surface area contributed by atoms with Crippen molar-refractivity contribution < 1.29 is 8.78 Å². The standard InChI is InChI=1S/C11H5BrCl2F2N2/c1-4-9(13)17-11(18-10(4)14)5-2-3-6(15)8(16)7(5)12/h2-3H,1H3. The van der Waals surface area contributed by atoms with Gasteiger partial charge in [-0.2, -0.15) is 0 Å². The van der Waals surface area contributed by atoms with Crippen LogP contribution in [-0.2, 0) is 0 Å². The highest BCUT2D eigenvalue weighted by molar-refractivity contribution is 9.10. The molecule has 0 fully saturated rings. The molecule has 94 valence electrons. The fourth-order valence-corrected chi connectivity index (χ4v) is 2.17. The van der Waals surface area contributed by atoms with Crippen LogP contribution in [0.1, 0.15) is 5.56 Å². The molecule has 2 aromatic rings. The second-order valence-electron chi connectivity index (χ2n) is 3.48. The van der Waals surface area contributed by atoms with Crippen molar-refractivity contribution in [2.75, 3.05) is 0 Å². The van der Waals surface area contributed by atoms with E-state index in [9.17, 15) is 8.78 Å². The summed E-state index contributed by atoms with van der Waals surface area (Å²) in [6.45, 7) is 1.66. The molecule has 2 nitrogen and oxygen atoms in total. The maximum absolute atomic E-state index is 13.4. The van der Waals surface area contributed by atoms with Crippen LogP contribution >= 0.6 is 39.1 Å². The van der Waals surface area contributed by atoms with E-state index in [1.807, 2.05) is 0 Å². The third kappa shape index (κ3) is 2.35. The van der Waals surface area contributed by atoms with Crippen LogP contribution in [0.2, 0.25) is 10.3 Å². The number of rotatable bonds is 1. The van der Waals surface area contributed by atoms with Gasteiger partial charge in [0, 0.05) is 11.1 Å². The highest BCUT2D eigenvalue weighted by Crippen LogP contribution is 2.32. The summed E-state index contributed by atoms with van der Waals surface area (Å²) < 4.78 is 26.3. The molecule has 0 amide bonds. The van der Waals surface area contributed by atoms with Gasteiger partial charge in [0.25, 0.3) is 0 Å². The molecule has 7 heteroatoms. The first-order chi connectivity index (χ1) is 8.41. The molecule has 0 bridgehead atoms. The van der Waals surface area contributed by atoms with Gasteiger partial charge in [-0.3, -0.25) is 0 Å². The zero-order valence-corrected chi connectivity index (χ0v) is 12.0. The summed E-state index contributed by atoms with van der Waals surface area (Å²) in [5.74, 6) is -1.85. The predicted octanol–water partition coefficient (Wildman–Crippen LogP) is 4.80. The van der Waals surface area contributed by atoms with Crippen LogP contribution in [0, 0.1) is 18.6 Å². The maximum atomic E-state index is 13.4. The lowest BCUT2D eigenvalue weighted by Gasteiger charge is -2.07. The lowest BCUT2D eigenvalue weighted by atomic mass is 10.2. The first-order valence-corrected chi connectivity index (χ1v) is 6.30. The molecule has 1 heterocycles. The smallest absolute Gasteiger partial charge is 0.173 e. The summed E-state index contributed by atoms with van der Waals surface area (Å²) in [7, 11) is 0. The molecule has 0 N–H and O–H groups in total. The number of benzene rings is 1. The number of hydrogen-bond acceptors (Lipinski definition) is 2. The van der Waals surface area contributed by atoms with Crippen LogP contribution in [0.3, 0.4) is 0 Å². The highest BCUT2D eigenvalue weighted by atomic mass is 79.9. The zero-order chi connectivity index (χ0) is 13.4. The molecule has 0 radical (unpaired) electrons. The molecule has 0 atom stereocenters. The van der Waals surface area contributed by atoms with Crippen LogP contribution in [0.4, 0.5) is 8.78 Å². The van der Waals surface area contributed by atoms with Gasteiger partial charge in [-0.1, -0.05) is 23.2 Å². The molecule has 0 aliphatic rings. The third-order valence-electron chi connectivity index (χ3n) is 2.30. The van der Waals surface area contributed by atoms with Gasteiger partial charge in [-0.25, -0.2) is 18.7 Å². The van der Waals surface area contributed by atoms with Crippen LogP contribution in [0.25, 0.3) is 11.4 Å². The number of aromatic nitrogens is 2. The third-order valence-corrected chi connectivity index (χ3v) is 3.81. The lowest BCUT2D eigenvalue weighted by Crippen LogP contribution is -1.97. The molecule has 1 aromatic heterocycles. The van der Waals surface area contributed by atoms with Crippen molar-refractivity contribution in [3.05, 3.63) is 44.1 Å². The van der Waals surface area contributed by atoms with E-state index in [0.717, 1.165) is 6.07 Å². The summed E-state index contributed by atoms with van der Waals surface area (Å²) >= 11 is 14.7. The summed E-state index contributed by atoms with van der Waals surface area (Å²) in [6.07, 6.45) is 0. The molecule has 0 saturated carbocycles. The number of nitrogens with zero attached hydrogens (tertiary/aromatic N) is 2. The highest BCUT2D eigenvalue weighted by Gasteiger charge is 2.16. The first kappa shape index (κ1) is 13.6.